The van der Waals surface area contributed by atoms with Gasteiger partial charge in [-0.05, 0) is 17.5 Å². The van der Waals surface area contributed by atoms with Gasteiger partial charge >= 0.3 is 0 Å². The van der Waals surface area contributed by atoms with Crippen LogP contribution in [0, 0.1) is 12.8 Å². The second-order valence-electron chi connectivity index (χ2n) is 5.40. The van der Waals surface area contributed by atoms with E-state index in [4.69, 9.17) is 4.74 Å². The van der Waals surface area contributed by atoms with Crippen LogP contribution in [0.1, 0.15) is 52.7 Å². The van der Waals surface area contributed by atoms with Crippen LogP contribution in [0.5, 0.6) is 0 Å². The first-order valence-electron chi connectivity index (χ1n) is 10.7. The minimum atomic E-state index is 0.315. The predicted molar refractivity (Wildman–Crippen MR) is 126 cm³/mol. The Hall–Kier alpha value is -2.08. The minimum absolute atomic E-state index is 0.315. The lowest BCUT2D eigenvalue weighted by Gasteiger charge is -2.33. The van der Waals surface area contributed by atoms with E-state index in [1.165, 1.54) is 11.1 Å². The summed E-state index contributed by atoms with van der Waals surface area (Å²) in [4.78, 5) is 2.49. The van der Waals surface area contributed by atoms with Gasteiger partial charge < -0.3 is 4.74 Å². The van der Waals surface area contributed by atoms with Crippen LogP contribution in [0.4, 0.5) is 0 Å². The van der Waals surface area contributed by atoms with Gasteiger partial charge in [0.25, 0.3) is 0 Å². The van der Waals surface area contributed by atoms with Crippen molar-refractivity contribution < 1.29 is 4.74 Å². The maximum Gasteiger partial charge on any atom is 0.0743 e. The van der Waals surface area contributed by atoms with E-state index in [0.29, 0.717) is 6.10 Å². The van der Waals surface area contributed by atoms with Gasteiger partial charge in [-0.2, -0.15) is 0 Å². The van der Waals surface area contributed by atoms with Crippen LogP contribution in [-0.4, -0.2) is 30.7 Å². The Kier molecular flexibility index (Phi) is 21.3. The molecule has 1 fully saturated rings. The molecule has 0 spiro atoms. The number of rotatable bonds is 4. The molecule has 2 nitrogen and oxygen atoms in total. The topological polar surface area (TPSA) is 12.5 Å². The molecule has 1 aliphatic rings. The molecule has 0 N–H and O–H groups in total. The Morgan fingerprint density at radius 1 is 0.786 bits per heavy atom. The van der Waals surface area contributed by atoms with Gasteiger partial charge in [-0.3, -0.25) is 4.90 Å². The van der Waals surface area contributed by atoms with Crippen molar-refractivity contribution in [3.8, 4) is 12.8 Å². The van der Waals surface area contributed by atoms with Crippen molar-refractivity contribution in [1.29, 1.82) is 0 Å². The first-order chi connectivity index (χ1) is 13.9. The Bertz CT molecular complexity index is 503. The zero-order valence-electron chi connectivity index (χ0n) is 18.9. The van der Waals surface area contributed by atoms with E-state index in [2.05, 4.69) is 78.4 Å². The van der Waals surface area contributed by atoms with Crippen LogP contribution in [0.2, 0.25) is 0 Å². The quantitative estimate of drug-likeness (QED) is 0.562. The molecule has 2 heteroatoms. The lowest BCUT2D eigenvalue weighted by Crippen LogP contribution is -2.42. The maximum absolute atomic E-state index is 5.91. The van der Waals surface area contributed by atoms with E-state index in [0.717, 1.165) is 32.7 Å². The van der Waals surface area contributed by atoms with E-state index in [1.54, 1.807) is 0 Å². The molecule has 3 rings (SSSR count). The van der Waals surface area contributed by atoms with E-state index in [1.807, 2.05) is 41.5 Å². The molecule has 28 heavy (non-hydrogen) atoms. The molecular weight excluding hydrogens is 342 g/mol. The summed E-state index contributed by atoms with van der Waals surface area (Å²) in [6.07, 6.45) is 9.32. The highest BCUT2D eigenvalue weighted by molar-refractivity contribution is 5.16. The molecular formula is C26H41NO. The summed E-state index contributed by atoms with van der Waals surface area (Å²) < 4.78 is 5.91. The van der Waals surface area contributed by atoms with Crippen molar-refractivity contribution >= 4 is 0 Å². The van der Waals surface area contributed by atoms with Crippen molar-refractivity contribution in [1.82, 2.24) is 4.90 Å². The second kappa shape index (κ2) is 21.2. The van der Waals surface area contributed by atoms with E-state index < -0.39 is 0 Å². The van der Waals surface area contributed by atoms with E-state index in [-0.39, 0.29) is 0 Å². The number of terminal acetylenes is 1. The highest BCUT2D eigenvalue weighted by Crippen LogP contribution is 2.14. The smallest absolute Gasteiger partial charge is 0.0743 e. The average molecular weight is 384 g/mol. The summed E-state index contributed by atoms with van der Waals surface area (Å²) in [6.45, 7) is 15.9. The molecule has 156 valence electrons. The van der Waals surface area contributed by atoms with Crippen LogP contribution >= 0.6 is 0 Å². The molecule has 0 aromatic heterocycles. The number of morpholine rings is 1. The number of nitrogens with zero attached hydrogens (tertiary/aromatic N) is 1. The molecule has 2 aromatic rings. The van der Waals surface area contributed by atoms with Gasteiger partial charge in [0.05, 0.1) is 12.7 Å². The normalized spacial score (nSPS) is 14.9. The van der Waals surface area contributed by atoms with Crippen molar-refractivity contribution in [2.24, 2.45) is 0 Å². The first kappa shape index (κ1) is 28.1. The van der Waals surface area contributed by atoms with Gasteiger partial charge in [0.15, 0.2) is 0 Å². The molecule has 0 saturated carbocycles. The largest absolute Gasteiger partial charge is 0.375 e. The van der Waals surface area contributed by atoms with Crippen LogP contribution in [-0.2, 0) is 17.7 Å². The molecule has 1 aliphatic heterocycles. The summed E-state index contributed by atoms with van der Waals surface area (Å²) in [5.41, 5.74) is 2.74. The molecule has 0 aliphatic carbocycles. The number of benzene rings is 2. The van der Waals surface area contributed by atoms with Gasteiger partial charge in [-0.25, -0.2) is 0 Å². The standard InChI is InChI=1S/C18H21NO.3C2H6.C2H2/c1-3-7-16(8-4-1)13-18-15-19(11-12-20-18)14-17-9-5-2-6-10-17;4*1-2/h1-10,18H,11-15H2;3*1-2H3;1-2H. The molecule has 2 aromatic carbocycles. The fourth-order valence-corrected chi connectivity index (χ4v) is 2.77. The van der Waals surface area contributed by atoms with Crippen LogP contribution in [0.15, 0.2) is 60.7 Å². The van der Waals surface area contributed by atoms with Crippen molar-refractivity contribution in [2.45, 2.75) is 60.6 Å². The molecule has 1 saturated heterocycles. The van der Waals surface area contributed by atoms with Crippen molar-refractivity contribution in [2.75, 3.05) is 19.7 Å². The Morgan fingerprint density at radius 2 is 1.25 bits per heavy atom. The van der Waals surface area contributed by atoms with Crippen molar-refractivity contribution in [3.63, 3.8) is 0 Å². The van der Waals surface area contributed by atoms with Crippen LogP contribution in [0.25, 0.3) is 0 Å². The lowest BCUT2D eigenvalue weighted by molar-refractivity contribution is -0.0304. The summed E-state index contributed by atoms with van der Waals surface area (Å²) in [6, 6.07) is 21.3. The summed E-state index contributed by atoms with van der Waals surface area (Å²) in [7, 11) is 0. The SMILES string of the molecule is C#C.CC.CC.CC.c1ccc(CC2CN(Cc3ccccc3)CCO2)cc1. The molecule has 0 radical (unpaired) electrons. The van der Waals surface area contributed by atoms with Gasteiger partial charge in [0, 0.05) is 19.6 Å². The van der Waals surface area contributed by atoms with Crippen LogP contribution < -0.4 is 0 Å². The van der Waals surface area contributed by atoms with Crippen molar-refractivity contribution in [3.05, 3.63) is 71.8 Å². The number of ether oxygens (including phenoxy) is 1. The highest BCUT2D eigenvalue weighted by atomic mass is 16.5. The zero-order chi connectivity index (χ0) is 21.6. The zero-order valence-corrected chi connectivity index (χ0v) is 18.9. The molecule has 1 unspecified atom stereocenters. The molecule has 1 atom stereocenters. The monoisotopic (exact) mass is 383 g/mol. The average Bonchev–Trinajstić information content (AvgIpc) is 2.81. The van der Waals surface area contributed by atoms with Gasteiger partial charge in [-0.1, -0.05) is 102 Å². The summed E-state index contributed by atoms with van der Waals surface area (Å²) >= 11 is 0. The maximum atomic E-state index is 5.91. The number of hydrogen-bond acceptors (Lipinski definition) is 2. The highest BCUT2D eigenvalue weighted by Gasteiger charge is 2.20. The summed E-state index contributed by atoms with van der Waals surface area (Å²) in [5, 5.41) is 0. The lowest BCUT2D eigenvalue weighted by atomic mass is 10.1. The fraction of sp³-hybridized carbons (Fsp3) is 0.462. The third-order valence-corrected chi connectivity index (χ3v) is 3.78. The fourth-order valence-electron chi connectivity index (χ4n) is 2.77. The van der Waals surface area contributed by atoms with E-state index in [9.17, 15) is 0 Å². The first-order valence-corrected chi connectivity index (χ1v) is 10.7. The van der Waals surface area contributed by atoms with Gasteiger partial charge in [0.1, 0.15) is 0 Å². The number of hydrogen-bond donors (Lipinski definition) is 0. The molecule has 0 bridgehead atoms. The van der Waals surface area contributed by atoms with Gasteiger partial charge in [-0.15, -0.1) is 12.8 Å². The summed E-state index contributed by atoms with van der Waals surface area (Å²) in [5.74, 6) is 0. The Labute approximate surface area is 174 Å². The molecule has 0 amide bonds. The predicted octanol–water partition coefficient (Wildman–Crippen LogP) is 6.46. The Morgan fingerprint density at radius 3 is 1.75 bits per heavy atom. The third-order valence-electron chi connectivity index (χ3n) is 3.78. The van der Waals surface area contributed by atoms with Gasteiger partial charge in [0.2, 0.25) is 0 Å². The second-order valence-corrected chi connectivity index (χ2v) is 5.40. The Balaban J connectivity index is 0. The van der Waals surface area contributed by atoms with E-state index >= 15 is 0 Å². The third kappa shape index (κ3) is 12.3. The minimum Gasteiger partial charge on any atom is -0.375 e. The van der Waals surface area contributed by atoms with Crippen LogP contribution in [0.3, 0.4) is 0 Å². The molecule has 1 heterocycles.